The number of benzene rings is 1. The maximum atomic E-state index is 13.8. The summed E-state index contributed by atoms with van der Waals surface area (Å²) in [6.07, 6.45) is 1.69. The number of aliphatic hydroxyl groups is 1. The lowest BCUT2D eigenvalue weighted by atomic mass is 10.2. The molecular formula is C15H15ClFNO2. The van der Waals surface area contributed by atoms with Crippen molar-refractivity contribution in [2.45, 2.75) is 26.4 Å². The summed E-state index contributed by atoms with van der Waals surface area (Å²) >= 11 is 5.70. The number of aliphatic hydroxyl groups excluding tert-OH is 1. The zero-order valence-electron chi connectivity index (χ0n) is 11.1. The molecule has 1 aromatic carbocycles. The number of pyridine rings is 1. The topological polar surface area (TPSA) is 42.4 Å². The van der Waals surface area contributed by atoms with Gasteiger partial charge in [-0.3, -0.25) is 0 Å². The lowest BCUT2D eigenvalue weighted by Gasteiger charge is -2.09. The molecule has 0 fully saturated rings. The van der Waals surface area contributed by atoms with Crippen LogP contribution in [0, 0.1) is 5.82 Å². The summed E-state index contributed by atoms with van der Waals surface area (Å²) in [5.74, 6) is -0.355. The van der Waals surface area contributed by atoms with E-state index >= 15 is 0 Å². The second kappa shape index (κ2) is 6.68. The van der Waals surface area contributed by atoms with Gasteiger partial charge >= 0.3 is 0 Å². The maximum absolute atomic E-state index is 13.8. The van der Waals surface area contributed by atoms with Gasteiger partial charge in [-0.1, -0.05) is 31.0 Å². The normalized spacial score (nSPS) is 10.6. The predicted octanol–water partition coefficient (Wildman–Crippen LogP) is 4.11. The van der Waals surface area contributed by atoms with E-state index in [1.165, 1.54) is 12.1 Å². The zero-order valence-corrected chi connectivity index (χ0v) is 11.8. The third-order valence-corrected chi connectivity index (χ3v) is 3.03. The molecule has 0 bridgehead atoms. The average molecular weight is 296 g/mol. The number of rotatable bonds is 5. The van der Waals surface area contributed by atoms with Gasteiger partial charge in [-0.25, -0.2) is 9.37 Å². The van der Waals surface area contributed by atoms with Crippen molar-refractivity contribution in [2.24, 2.45) is 0 Å². The number of ether oxygens (including phenoxy) is 1. The molecule has 0 aliphatic rings. The number of nitrogens with zero attached hydrogens (tertiary/aromatic N) is 1. The minimum absolute atomic E-state index is 0.00501. The van der Waals surface area contributed by atoms with E-state index in [1.807, 2.05) is 13.0 Å². The molecule has 0 radical (unpaired) electrons. The Kier molecular flexibility index (Phi) is 4.93. The minimum atomic E-state index is -0.623. The zero-order chi connectivity index (χ0) is 14.5. The van der Waals surface area contributed by atoms with Crippen LogP contribution in [0.15, 0.2) is 30.3 Å². The Bertz CT molecular complexity index is 604. The summed E-state index contributed by atoms with van der Waals surface area (Å²) in [6.45, 7) is 1.91. The fourth-order valence-corrected chi connectivity index (χ4v) is 1.99. The first-order valence-electron chi connectivity index (χ1n) is 6.36. The summed E-state index contributed by atoms with van der Waals surface area (Å²) in [5.41, 5.74) is 1.48. The molecule has 1 N–H and O–H groups in total. The Morgan fingerprint density at radius 2 is 2.15 bits per heavy atom. The second-order valence-electron chi connectivity index (χ2n) is 4.37. The van der Waals surface area contributed by atoms with E-state index in [2.05, 4.69) is 4.98 Å². The number of hydrogen-bond donors (Lipinski definition) is 1. The first-order valence-corrected chi connectivity index (χ1v) is 6.74. The minimum Gasteiger partial charge on any atom is -0.436 e. The summed E-state index contributed by atoms with van der Waals surface area (Å²) < 4.78 is 19.2. The molecule has 3 nitrogen and oxygen atoms in total. The van der Waals surface area contributed by atoms with Crippen LogP contribution in [0.25, 0.3) is 0 Å². The van der Waals surface area contributed by atoms with Gasteiger partial charge in [0.1, 0.15) is 0 Å². The van der Waals surface area contributed by atoms with Crippen LogP contribution < -0.4 is 4.74 Å². The van der Waals surface area contributed by atoms with Gasteiger partial charge in [-0.05, 0) is 30.2 Å². The molecule has 2 rings (SSSR count). The Hall–Kier alpha value is -1.65. The Labute approximate surface area is 122 Å². The van der Waals surface area contributed by atoms with E-state index in [-0.39, 0.29) is 23.3 Å². The van der Waals surface area contributed by atoms with Crippen LogP contribution in [-0.2, 0) is 13.0 Å². The van der Waals surface area contributed by atoms with Crippen LogP contribution in [0.5, 0.6) is 11.6 Å². The summed E-state index contributed by atoms with van der Waals surface area (Å²) in [6, 6.07) is 7.92. The van der Waals surface area contributed by atoms with Crippen molar-refractivity contribution in [2.75, 3.05) is 0 Å². The predicted molar refractivity (Wildman–Crippen MR) is 75.6 cm³/mol. The molecule has 0 aliphatic carbocycles. The number of hydrogen-bond acceptors (Lipinski definition) is 3. The van der Waals surface area contributed by atoms with E-state index in [0.29, 0.717) is 5.56 Å². The van der Waals surface area contributed by atoms with Gasteiger partial charge in [0.15, 0.2) is 11.6 Å². The van der Waals surface area contributed by atoms with E-state index in [1.54, 1.807) is 12.1 Å². The van der Waals surface area contributed by atoms with Crippen molar-refractivity contribution >= 4 is 11.6 Å². The number of halogens is 2. The van der Waals surface area contributed by atoms with Crippen LogP contribution in [-0.4, -0.2) is 10.1 Å². The third kappa shape index (κ3) is 3.46. The van der Waals surface area contributed by atoms with Crippen LogP contribution in [0.1, 0.15) is 24.6 Å². The van der Waals surface area contributed by atoms with Crippen molar-refractivity contribution in [3.63, 3.8) is 0 Å². The molecule has 0 aliphatic heterocycles. The smallest absolute Gasteiger partial charge is 0.219 e. The largest absolute Gasteiger partial charge is 0.436 e. The molecule has 20 heavy (non-hydrogen) atoms. The number of aromatic nitrogens is 1. The van der Waals surface area contributed by atoms with Crippen molar-refractivity contribution in [1.82, 2.24) is 4.98 Å². The summed E-state index contributed by atoms with van der Waals surface area (Å²) in [5, 5.41) is 9.24. The fourth-order valence-electron chi connectivity index (χ4n) is 1.82. The fraction of sp³-hybridized carbons (Fsp3) is 0.267. The highest BCUT2D eigenvalue weighted by molar-refractivity contribution is 6.30. The van der Waals surface area contributed by atoms with Crippen LogP contribution >= 0.6 is 11.6 Å². The van der Waals surface area contributed by atoms with Gasteiger partial charge in [-0.2, -0.15) is 0 Å². The van der Waals surface area contributed by atoms with Gasteiger partial charge in [0.05, 0.1) is 11.6 Å². The van der Waals surface area contributed by atoms with Crippen molar-refractivity contribution in [1.29, 1.82) is 0 Å². The van der Waals surface area contributed by atoms with E-state index in [4.69, 9.17) is 16.3 Å². The van der Waals surface area contributed by atoms with Gasteiger partial charge in [0.25, 0.3) is 0 Å². The Balaban J connectivity index is 2.32. The highest BCUT2D eigenvalue weighted by atomic mass is 35.5. The highest BCUT2D eigenvalue weighted by Crippen LogP contribution is 2.28. The van der Waals surface area contributed by atoms with Crippen molar-refractivity contribution in [3.05, 3.63) is 52.4 Å². The first kappa shape index (κ1) is 14.8. The SMILES string of the molecule is CCCc1cc(CO)cc(Oc2cccc(Cl)c2F)n1. The summed E-state index contributed by atoms with van der Waals surface area (Å²) in [4.78, 5) is 4.29. The third-order valence-electron chi connectivity index (χ3n) is 2.73. The van der Waals surface area contributed by atoms with Gasteiger partial charge in [0, 0.05) is 11.8 Å². The first-order chi connectivity index (χ1) is 9.63. The molecule has 0 unspecified atom stereocenters. The number of aryl methyl sites for hydroxylation is 1. The van der Waals surface area contributed by atoms with E-state index < -0.39 is 5.82 Å². The summed E-state index contributed by atoms with van der Waals surface area (Å²) in [7, 11) is 0. The Morgan fingerprint density at radius 3 is 2.85 bits per heavy atom. The van der Waals surface area contributed by atoms with Crippen LogP contribution in [0.3, 0.4) is 0 Å². The molecular weight excluding hydrogens is 281 g/mol. The Morgan fingerprint density at radius 1 is 1.35 bits per heavy atom. The van der Waals surface area contributed by atoms with Gasteiger partial charge in [-0.15, -0.1) is 0 Å². The molecule has 2 aromatic rings. The average Bonchev–Trinajstić information content (AvgIpc) is 2.44. The van der Waals surface area contributed by atoms with E-state index in [0.717, 1.165) is 18.5 Å². The molecule has 0 saturated heterocycles. The molecule has 5 heteroatoms. The molecule has 0 amide bonds. The standard InChI is InChI=1S/C15H15ClFNO2/c1-2-4-11-7-10(9-19)8-14(18-11)20-13-6-3-5-12(16)15(13)17/h3,5-8,19H,2,4,9H2,1H3. The highest BCUT2D eigenvalue weighted by Gasteiger charge is 2.10. The quantitative estimate of drug-likeness (QED) is 0.902. The molecule has 0 saturated carbocycles. The molecule has 1 aromatic heterocycles. The van der Waals surface area contributed by atoms with Crippen molar-refractivity contribution in [3.8, 4) is 11.6 Å². The maximum Gasteiger partial charge on any atom is 0.219 e. The molecule has 0 spiro atoms. The van der Waals surface area contributed by atoms with Crippen LogP contribution in [0.4, 0.5) is 4.39 Å². The second-order valence-corrected chi connectivity index (χ2v) is 4.77. The van der Waals surface area contributed by atoms with Gasteiger partial charge < -0.3 is 9.84 Å². The van der Waals surface area contributed by atoms with E-state index in [9.17, 15) is 9.50 Å². The monoisotopic (exact) mass is 295 g/mol. The van der Waals surface area contributed by atoms with Gasteiger partial charge in [0.2, 0.25) is 5.88 Å². The lowest BCUT2D eigenvalue weighted by molar-refractivity contribution is 0.280. The molecule has 0 atom stereocenters. The molecule has 106 valence electrons. The van der Waals surface area contributed by atoms with Crippen LogP contribution in [0.2, 0.25) is 5.02 Å². The lowest BCUT2D eigenvalue weighted by Crippen LogP contribution is -1.98. The van der Waals surface area contributed by atoms with Crippen molar-refractivity contribution < 1.29 is 14.2 Å². The molecule has 1 heterocycles.